The Morgan fingerprint density at radius 1 is 1.22 bits per heavy atom. The fourth-order valence-electron chi connectivity index (χ4n) is 3.70. The second-order valence-corrected chi connectivity index (χ2v) is 7.00. The molecule has 0 atom stereocenters. The number of carbonyl (C=O) groups excluding carboxylic acids is 1. The summed E-state index contributed by atoms with van der Waals surface area (Å²) in [6.07, 6.45) is 4.02. The maximum atomic E-state index is 13.0. The van der Waals surface area contributed by atoms with E-state index in [1.165, 1.54) is 4.57 Å². The standard InChI is InChI=1S/C20H24N4O3/c21-10-4-1-5-11-23-12-8-15(9-13-23)19(27)20-22-16-6-2-3-7-17(16)24(20)14-18(25)26/h2-3,6-7,15H,1,4-5,8-9,11-14H2,(H,25,26). The predicted molar refractivity (Wildman–Crippen MR) is 100 cm³/mol. The second kappa shape index (κ2) is 8.78. The van der Waals surface area contributed by atoms with E-state index < -0.39 is 5.97 Å². The fraction of sp³-hybridized carbons (Fsp3) is 0.500. The van der Waals surface area contributed by atoms with Crippen molar-refractivity contribution in [3.8, 4) is 6.07 Å². The van der Waals surface area contributed by atoms with Gasteiger partial charge in [-0.25, -0.2) is 4.98 Å². The van der Waals surface area contributed by atoms with Gasteiger partial charge in [0.25, 0.3) is 0 Å². The van der Waals surface area contributed by atoms with Crippen LogP contribution in [0, 0.1) is 17.2 Å². The number of carbonyl (C=O) groups is 2. The van der Waals surface area contributed by atoms with Crippen LogP contribution in [-0.4, -0.2) is 50.9 Å². The van der Waals surface area contributed by atoms with E-state index >= 15 is 0 Å². The molecule has 1 aromatic carbocycles. The third-order valence-electron chi connectivity index (χ3n) is 5.14. The van der Waals surface area contributed by atoms with Crippen molar-refractivity contribution in [1.82, 2.24) is 14.5 Å². The predicted octanol–water partition coefficient (Wildman–Crippen LogP) is 2.71. The minimum absolute atomic E-state index is 0.0587. The minimum Gasteiger partial charge on any atom is -0.480 e. The average Bonchev–Trinajstić information content (AvgIpc) is 3.03. The lowest BCUT2D eigenvalue weighted by Crippen LogP contribution is -2.37. The molecule has 1 aliphatic heterocycles. The molecule has 142 valence electrons. The van der Waals surface area contributed by atoms with E-state index in [1.54, 1.807) is 12.1 Å². The van der Waals surface area contributed by atoms with Crippen LogP contribution < -0.4 is 0 Å². The molecule has 0 radical (unpaired) electrons. The van der Waals surface area contributed by atoms with Crippen molar-refractivity contribution < 1.29 is 14.7 Å². The van der Waals surface area contributed by atoms with Crippen molar-refractivity contribution >= 4 is 22.8 Å². The topological polar surface area (TPSA) is 99.2 Å². The van der Waals surface area contributed by atoms with Crippen LogP contribution >= 0.6 is 0 Å². The number of aromatic nitrogens is 2. The average molecular weight is 368 g/mol. The van der Waals surface area contributed by atoms with Gasteiger partial charge in [0.2, 0.25) is 5.78 Å². The lowest BCUT2D eigenvalue weighted by Gasteiger charge is -2.31. The molecule has 3 rings (SSSR count). The number of unbranched alkanes of at least 4 members (excludes halogenated alkanes) is 2. The quantitative estimate of drug-likeness (QED) is 0.568. The number of piperidine rings is 1. The van der Waals surface area contributed by atoms with E-state index in [0.717, 1.165) is 45.3 Å². The molecule has 0 spiro atoms. The van der Waals surface area contributed by atoms with E-state index in [2.05, 4.69) is 16.0 Å². The Labute approximate surface area is 158 Å². The molecule has 27 heavy (non-hydrogen) atoms. The van der Waals surface area contributed by atoms with Gasteiger partial charge in [0.15, 0.2) is 5.82 Å². The third-order valence-corrected chi connectivity index (χ3v) is 5.14. The van der Waals surface area contributed by atoms with Gasteiger partial charge in [0, 0.05) is 12.3 Å². The first-order chi connectivity index (χ1) is 13.1. The number of nitrogens with zero attached hydrogens (tertiary/aromatic N) is 4. The highest BCUT2D eigenvalue weighted by atomic mass is 16.4. The van der Waals surface area contributed by atoms with Gasteiger partial charge in [-0.15, -0.1) is 0 Å². The van der Waals surface area contributed by atoms with Crippen molar-refractivity contribution in [2.75, 3.05) is 19.6 Å². The van der Waals surface area contributed by atoms with Crippen LogP contribution in [0.15, 0.2) is 24.3 Å². The number of hydrogen-bond acceptors (Lipinski definition) is 5. The molecule has 1 N–H and O–H groups in total. The number of nitriles is 1. The van der Waals surface area contributed by atoms with Crippen LogP contribution in [0.1, 0.15) is 42.7 Å². The van der Waals surface area contributed by atoms with Crippen LogP contribution in [0.5, 0.6) is 0 Å². The number of fused-ring (bicyclic) bond motifs is 1. The number of likely N-dealkylation sites (tertiary alicyclic amines) is 1. The van der Waals surface area contributed by atoms with Crippen LogP contribution in [0.3, 0.4) is 0 Å². The summed E-state index contributed by atoms with van der Waals surface area (Å²) in [6.45, 7) is 2.39. The Balaban J connectivity index is 1.68. The number of hydrogen-bond donors (Lipinski definition) is 1. The van der Waals surface area contributed by atoms with E-state index in [4.69, 9.17) is 5.26 Å². The normalized spacial score (nSPS) is 15.7. The number of carboxylic acid groups (broad SMARTS) is 1. The lowest BCUT2D eigenvalue weighted by molar-refractivity contribution is -0.137. The molecule has 1 saturated heterocycles. The molecule has 0 unspecified atom stereocenters. The highest BCUT2D eigenvalue weighted by Gasteiger charge is 2.29. The first kappa shape index (κ1) is 19.1. The Morgan fingerprint density at radius 3 is 2.67 bits per heavy atom. The van der Waals surface area contributed by atoms with Crippen LogP contribution in [0.25, 0.3) is 11.0 Å². The van der Waals surface area contributed by atoms with Crippen molar-refractivity contribution in [3.63, 3.8) is 0 Å². The molecule has 0 saturated carbocycles. The highest BCUT2D eigenvalue weighted by molar-refractivity contribution is 5.98. The second-order valence-electron chi connectivity index (χ2n) is 7.00. The number of Topliss-reactive ketones (excluding diaryl/α,β-unsaturated/α-hetero) is 1. The number of para-hydroxylation sites is 2. The van der Waals surface area contributed by atoms with Crippen LogP contribution in [0.4, 0.5) is 0 Å². The Hall–Kier alpha value is -2.72. The number of carboxylic acids is 1. The summed E-state index contributed by atoms with van der Waals surface area (Å²) in [4.78, 5) is 31.1. The molecule has 0 amide bonds. The monoisotopic (exact) mass is 368 g/mol. The van der Waals surface area contributed by atoms with Gasteiger partial charge in [-0.1, -0.05) is 12.1 Å². The summed E-state index contributed by atoms with van der Waals surface area (Å²) in [6, 6.07) is 9.41. The molecule has 0 bridgehead atoms. The van der Waals surface area contributed by atoms with E-state index in [9.17, 15) is 14.7 Å². The first-order valence-corrected chi connectivity index (χ1v) is 9.40. The van der Waals surface area contributed by atoms with Gasteiger partial charge in [0.1, 0.15) is 6.54 Å². The molecule has 1 fully saturated rings. The van der Waals surface area contributed by atoms with Gasteiger partial charge in [-0.05, 0) is 57.5 Å². The summed E-state index contributed by atoms with van der Waals surface area (Å²) in [5.41, 5.74) is 1.33. The summed E-state index contributed by atoms with van der Waals surface area (Å²) >= 11 is 0. The lowest BCUT2D eigenvalue weighted by atomic mass is 9.92. The van der Waals surface area contributed by atoms with Gasteiger partial charge in [0.05, 0.1) is 17.1 Å². The number of ketones is 1. The largest absolute Gasteiger partial charge is 0.480 e. The van der Waals surface area contributed by atoms with Crippen molar-refractivity contribution in [2.45, 2.75) is 38.6 Å². The van der Waals surface area contributed by atoms with Crippen molar-refractivity contribution in [3.05, 3.63) is 30.1 Å². The van der Waals surface area contributed by atoms with Gasteiger partial charge >= 0.3 is 5.97 Å². The smallest absolute Gasteiger partial charge is 0.323 e. The molecule has 1 aromatic heterocycles. The zero-order valence-corrected chi connectivity index (χ0v) is 15.3. The van der Waals surface area contributed by atoms with Gasteiger partial charge in [-0.3, -0.25) is 9.59 Å². The van der Waals surface area contributed by atoms with Crippen molar-refractivity contribution in [2.24, 2.45) is 5.92 Å². The Morgan fingerprint density at radius 2 is 1.96 bits per heavy atom. The van der Waals surface area contributed by atoms with E-state index in [-0.39, 0.29) is 24.1 Å². The summed E-state index contributed by atoms with van der Waals surface area (Å²) in [7, 11) is 0. The van der Waals surface area contributed by atoms with E-state index in [1.807, 2.05) is 12.1 Å². The molecule has 0 aliphatic carbocycles. The molecule has 2 aromatic rings. The minimum atomic E-state index is -0.987. The summed E-state index contributed by atoms with van der Waals surface area (Å²) < 4.78 is 1.52. The molecular weight excluding hydrogens is 344 g/mol. The number of imidazole rings is 1. The molecule has 2 heterocycles. The molecule has 7 nitrogen and oxygen atoms in total. The first-order valence-electron chi connectivity index (χ1n) is 9.40. The fourth-order valence-corrected chi connectivity index (χ4v) is 3.70. The van der Waals surface area contributed by atoms with Crippen molar-refractivity contribution in [1.29, 1.82) is 5.26 Å². The van der Waals surface area contributed by atoms with Gasteiger partial charge < -0.3 is 14.6 Å². The van der Waals surface area contributed by atoms with Crippen LogP contribution in [0.2, 0.25) is 0 Å². The van der Waals surface area contributed by atoms with Gasteiger partial charge in [-0.2, -0.15) is 5.26 Å². The Kier molecular flexibility index (Phi) is 6.20. The highest BCUT2D eigenvalue weighted by Crippen LogP contribution is 2.24. The zero-order chi connectivity index (χ0) is 19.2. The Bertz CT molecular complexity index is 860. The van der Waals surface area contributed by atoms with Crippen LogP contribution in [-0.2, 0) is 11.3 Å². The maximum Gasteiger partial charge on any atom is 0.323 e. The third kappa shape index (κ3) is 4.52. The molecule has 1 aliphatic rings. The number of rotatable bonds is 8. The maximum absolute atomic E-state index is 13.0. The molecular formula is C20H24N4O3. The zero-order valence-electron chi connectivity index (χ0n) is 15.3. The summed E-state index contributed by atoms with van der Waals surface area (Å²) in [5, 5.41) is 17.8. The molecule has 7 heteroatoms. The van der Waals surface area contributed by atoms with E-state index in [0.29, 0.717) is 17.5 Å². The summed E-state index contributed by atoms with van der Waals surface area (Å²) in [5.74, 6) is -0.910. The number of aliphatic carboxylic acids is 1. The number of benzene rings is 1. The SMILES string of the molecule is N#CCCCCN1CCC(C(=O)c2nc3ccccc3n2CC(=O)O)CC1.